The molecule has 0 saturated heterocycles. The maximum absolute atomic E-state index is 12.7. The van der Waals surface area contributed by atoms with Gasteiger partial charge in [0.1, 0.15) is 19.3 Å². The largest absolute Gasteiger partial charge is 0.472 e. The van der Waals surface area contributed by atoms with Crippen molar-refractivity contribution >= 4 is 13.8 Å². The minimum Gasteiger partial charge on any atom is -0.457 e. The molecule has 54 heavy (non-hydrogen) atoms. The number of likely N-dealkylation sites (N-methyl/N-ethyl adjacent to an activating group) is 1. The fourth-order valence-corrected chi connectivity index (χ4v) is 7.23. The van der Waals surface area contributed by atoms with Crippen LogP contribution in [0.1, 0.15) is 213 Å². The summed E-state index contributed by atoms with van der Waals surface area (Å²) in [5.74, 6) is -0.312. The number of carbonyl (C=O) groups is 1. The van der Waals surface area contributed by atoms with E-state index >= 15 is 0 Å². The normalized spacial score (nSPS) is 13.8. The summed E-state index contributed by atoms with van der Waals surface area (Å²) in [5.41, 5.74) is 0. The number of hydrogen-bond donors (Lipinski definition) is 1. The molecule has 0 aromatic heterocycles. The van der Waals surface area contributed by atoms with E-state index in [9.17, 15) is 14.3 Å². The lowest BCUT2D eigenvalue weighted by Gasteiger charge is -2.24. The average Bonchev–Trinajstić information content (AvgIpc) is 3.12. The Bertz CT molecular complexity index is 879. The van der Waals surface area contributed by atoms with E-state index in [0.29, 0.717) is 24.1 Å². The minimum atomic E-state index is -4.27. The summed E-state index contributed by atoms with van der Waals surface area (Å²) in [6.07, 6.45) is 42.4. The Labute approximate surface area is 335 Å². The first-order valence-electron chi connectivity index (χ1n) is 22.9. The van der Waals surface area contributed by atoms with Gasteiger partial charge in [-0.15, -0.1) is 0 Å². The molecule has 0 radical (unpaired) electrons. The van der Waals surface area contributed by atoms with E-state index in [-0.39, 0.29) is 25.8 Å². The van der Waals surface area contributed by atoms with E-state index in [4.69, 9.17) is 18.5 Å². The highest BCUT2D eigenvalue weighted by Crippen LogP contribution is 2.43. The van der Waals surface area contributed by atoms with E-state index in [1.54, 1.807) is 0 Å². The topological polar surface area (TPSA) is 91.3 Å². The zero-order chi connectivity index (χ0) is 39.9. The van der Waals surface area contributed by atoms with Gasteiger partial charge < -0.3 is 18.9 Å². The third kappa shape index (κ3) is 42.4. The first-order valence-corrected chi connectivity index (χ1v) is 24.4. The SMILES string of the molecule is CCCCCCCC/C=C\CCCCCCCCCCCC(=O)OC(COCCCCCCCCCCCCCCC)COP(=O)(O)OCC[N+](C)(C)C. The summed E-state index contributed by atoms with van der Waals surface area (Å²) in [6, 6.07) is 0. The molecule has 0 aromatic carbocycles. The van der Waals surface area contributed by atoms with Crippen molar-refractivity contribution in [3.8, 4) is 0 Å². The number of hydrogen-bond acceptors (Lipinski definition) is 6. The van der Waals surface area contributed by atoms with E-state index in [1.807, 2.05) is 21.1 Å². The van der Waals surface area contributed by atoms with Crippen molar-refractivity contribution in [1.82, 2.24) is 0 Å². The van der Waals surface area contributed by atoms with Gasteiger partial charge in [0.2, 0.25) is 0 Å². The van der Waals surface area contributed by atoms with Gasteiger partial charge in [0.25, 0.3) is 0 Å². The van der Waals surface area contributed by atoms with Crippen molar-refractivity contribution in [1.29, 1.82) is 0 Å². The quantitative estimate of drug-likeness (QED) is 0.0216. The van der Waals surface area contributed by atoms with Gasteiger partial charge in [0.15, 0.2) is 0 Å². The van der Waals surface area contributed by atoms with Crippen LogP contribution in [0.4, 0.5) is 0 Å². The average molecular weight is 789 g/mol. The summed E-state index contributed by atoms with van der Waals surface area (Å²) in [4.78, 5) is 22.9. The predicted octanol–water partition coefficient (Wildman–Crippen LogP) is 13.4. The number of unbranched alkanes of at least 4 members (excludes halogenated alkanes) is 27. The van der Waals surface area contributed by atoms with E-state index < -0.39 is 13.9 Å². The smallest absolute Gasteiger partial charge is 0.457 e. The van der Waals surface area contributed by atoms with Gasteiger partial charge in [-0.25, -0.2) is 4.57 Å². The van der Waals surface area contributed by atoms with Gasteiger partial charge in [-0.2, -0.15) is 0 Å². The lowest BCUT2D eigenvalue weighted by molar-refractivity contribution is -0.870. The zero-order valence-corrected chi connectivity index (χ0v) is 37.4. The van der Waals surface area contributed by atoms with E-state index in [2.05, 4.69) is 26.0 Å². The summed E-state index contributed by atoms with van der Waals surface area (Å²) < 4.78 is 35.0. The van der Waals surface area contributed by atoms with Gasteiger partial charge in [-0.05, 0) is 38.5 Å². The molecule has 0 saturated carbocycles. The van der Waals surface area contributed by atoms with Crippen molar-refractivity contribution in [3.63, 3.8) is 0 Å². The molecule has 0 aromatic rings. The molecule has 0 fully saturated rings. The molecule has 0 rings (SSSR count). The summed E-state index contributed by atoms with van der Waals surface area (Å²) in [6.45, 7) is 5.66. The molecule has 0 aliphatic carbocycles. The monoisotopic (exact) mass is 789 g/mol. The van der Waals surface area contributed by atoms with Crippen LogP contribution in [0.15, 0.2) is 12.2 Å². The lowest BCUT2D eigenvalue weighted by Crippen LogP contribution is -2.37. The van der Waals surface area contributed by atoms with Gasteiger partial charge in [-0.1, -0.05) is 180 Å². The van der Waals surface area contributed by atoms with Crippen LogP contribution in [0.3, 0.4) is 0 Å². The number of carbonyl (C=O) groups excluding carboxylic acids is 1. The number of ether oxygens (including phenoxy) is 2. The first-order chi connectivity index (χ1) is 26.1. The molecule has 0 heterocycles. The Hall–Kier alpha value is -0.760. The molecule has 0 bridgehead atoms. The van der Waals surface area contributed by atoms with Gasteiger partial charge in [0.05, 0.1) is 34.4 Å². The van der Waals surface area contributed by atoms with Crippen LogP contribution in [0.5, 0.6) is 0 Å². The highest BCUT2D eigenvalue weighted by atomic mass is 31.2. The maximum Gasteiger partial charge on any atom is 0.472 e. The van der Waals surface area contributed by atoms with Crippen molar-refractivity contribution in [2.24, 2.45) is 0 Å². The fourth-order valence-electron chi connectivity index (χ4n) is 6.49. The van der Waals surface area contributed by atoms with Gasteiger partial charge >= 0.3 is 13.8 Å². The van der Waals surface area contributed by atoms with Crippen molar-refractivity contribution in [2.45, 2.75) is 219 Å². The molecule has 1 N–H and O–H groups in total. The number of phosphoric acid groups is 1. The Morgan fingerprint density at radius 2 is 0.963 bits per heavy atom. The molecule has 2 atom stereocenters. The second-order valence-electron chi connectivity index (χ2n) is 16.8. The van der Waals surface area contributed by atoms with Crippen LogP contribution in [0, 0.1) is 0 Å². The van der Waals surface area contributed by atoms with Crippen LogP contribution in [-0.4, -0.2) is 75.6 Å². The number of quaternary nitrogens is 1. The van der Waals surface area contributed by atoms with Crippen LogP contribution >= 0.6 is 7.82 Å². The summed E-state index contributed by atoms with van der Waals surface area (Å²) >= 11 is 0. The number of nitrogens with zero attached hydrogens (tertiary/aromatic N) is 1. The molecule has 0 aliphatic rings. The minimum absolute atomic E-state index is 0.0915. The van der Waals surface area contributed by atoms with Crippen LogP contribution in [-0.2, 0) is 27.9 Å². The summed E-state index contributed by atoms with van der Waals surface area (Å²) in [7, 11) is 1.68. The molecule has 322 valence electrons. The van der Waals surface area contributed by atoms with Crippen LogP contribution in [0.2, 0.25) is 0 Å². The van der Waals surface area contributed by atoms with Crippen molar-refractivity contribution in [2.75, 3.05) is 54.1 Å². The Morgan fingerprint density at radius 3 is 1.41 bits per heavy atom. The third-order valence-corrected chi connectivity index (χ3v) is 11.1. The molecule has 8 nitrogen and oxygen atoms in total. The van der Waals surface area contributed by atoms with Crippen LogP contribution < -0.4 is 0 Å². The first kappa shape index (κ1) is 53.2. The molecular weight excluding hydrogens is 697 g/mol. The Balaban J connectivity index is 4.16. The van der Waals surface area contributed by atoms with Gasteiger partial charge in [-0.3, -0.25) is 13.8 Å². The lowest BCUT2D eigenvalue weighted by atomic mass is 10.0. The Morgan fingerprint density at radius 1 is 0.556 bits per heavy atom. The van der Waals surface area contributed by atoms with Crippen LogP contribution in [0.25, 0.3) is 0 Å². The molecular formula is C45H91NO7P+. The number of allylic oxidation sites excluding steroid dienone is 2. The number of esters is 1. The second kappa shape index (κ2) is 39.1. The standard InChI is InChI=1S/C45H90NO7P/c1-6-8-10-12-14-16-18-20-21-22-23-24-25-26-28-30-32-34-36-38-45(47)53-44(43-52-54(48,49)51-41-39-46(3,4)5)42-50-40-37-35-33-31-29-27-19-17-15-13-11-9-7-2/h20-21,44H,6-19,22-43H2,1-5H3/p+1/b21-20-. The Kier molecular flexibility index (Phi) is 38.5. The number of phosphoric ester groups is 1. The highest BCUT2D eigenvalue weighted by molar-refractivity contribution is 7.47. The molecule has 0 aliphatic heterocycles. The summed E-state index contributed by atoms with van der Waals surface area (Å²) in [5, 5.41) is 0. The number of rotatable bonds is 43. The molecule has 0 amide bonds. The van der Waals surface area contributed by atoms with Gasteiger partial charge in [0, 0.05) is 13.0 Å². The zero-order valence-electron chi connectivity index (χ0n) is 36.5. The fraction of sp³-hybridized carbons (Fsp3) is 0.933. The third-order valence-electron chi connectivity index (χ3n) is 10.1. The van der Waals surface area contributed by atoms with E-state index in [0.717, 1.165) is 32.1 Å². The maximum atomic E-state index is 12.7. The van der Waals surface area contributed by atoms with Crippen molar-refractivity contribution < 1.29 is 37.3 Å². The molecule has 2 unspecified atom stereocenters. The molecule has 9 heteroatoms. The molecule has 0 spiro atoms. The van der Waals surface area contributed by atoms with E-state index in [1.165, 1.54) is 161 Å². The van der Waals surface area contributed by atoms with Crippen molar-refractivity contribution in [3.05, 3.63) is 12.2 Å². The predicted molar refractivity (Wildman–Crippen MR) is 229 cm³/mol. The second-order valence-corrected chi connectivity index (χ2v) is 18.2. The highest BCUT2D eigenvalue weighted by Gasteiger charge is 2.26.